The summed E-state index contributed by atoms with van der Waals surface area (Å²) in [5.74, 6) is 0.786. The van der Waals surface area contributed by atoms with E-state index in [2.05, 4.69) is 49.7 Å². The molecule has 0 saturated carbocycles. The molecule has 1 aliphatic carbocycles. The molecule has 2 unspecified atom stereocenters. The van der Waals surface area contributed by atoms with Gasteiger partial charge in [0.15, 0.2) is 5.96 Å². The highest BCUT2D eigenvalue weighted by atomic mass is 16.2. The second kappa shape index (κ2) is 9.13. The van der Waals surface area contributed by atoms with Crippen molar-refractivity contribution in [1.29, 1.82) is 0 Å². The van der Waals surface area contributed by atoms with E-state index in [9.17, 15) is 4.79 Å². The van der Waals surface area contributed by atoms with E-state index in [1.807, 2.05) is 0 Å². The number of amides is 1. The minimum atomic E-state index is 0.0201. The number of hydrogen-bond donors (Lipinski definition) is 2. The Kier molecular flexibility index (Phi) is 6.35. The summed E-state index contributed by atoms with van der Waals surface area (Å²) in [5.41, 5.74) is 2.88. The van der Waals surface area contributed by atoms with Crippen molar-refractivity contribution in [1.82, 2.24) is 25.3 Å². The van der Waals surface area contributed by atoms with Gasteiger partial charge in [-0.15, -0.1) is 0 Å². The van der Waals surface area contributed by atoms with Gasteiger partial charge >= 0.3 is 0 Å². The summed E-state index contributed by atoms with van der Waals surface area (Å²) in [6.07, 6.45) is 3.17. The van der Waals surface area contributed by atoms with Crippen LogP contribution in [0.3, 0.4) is 0 Å². The van der Waals surface area contributed by atoms with Crippen LogP contribution in [0.1, 0.15) is 17.5 Å². The van der Waals surface area contributed by atoms with Crippen molar-refractivity contribution in [3.63, 3.8) is 0 Å². The second-order valence-corrected chi connectivity index (χ2v) is 8.68. The normalized spacial score (nSPS) is 28.6. The van der Waals surface area contributed by atoms with E-state index in [0.717, 1.165) is 51.4 Å². The largest absolute Gasteiger partial charge is 0.355 e. The van der Waals surface area contributed by atoms with Gasteiger partial charge in [-0.25, -0.2) is 4.99 Å². The Morgan fingerprint density at radius 3 is 2.62 bits per heavy atom. The van der Waals surface area contributed by atoms with Crippen LogP contribution in [0.4, 0.5) is 0 Å². The van der Waals surface area contributed by atoms with E-state index in [1.165, 1.54) is 24.2 Å². The number of rotatable bonds is 5. The number of nitrogens with one attached hydrogen (secondary N) is 2. The highest BCUT2D eigenvalue weighted by Crippen LogP contribution is 2.21. The molecule has 2 bridgehead atoms. The number of aryl methyl sites for hydroxylation is 1. The average molecular weight is 399 g/mol. The van der Waals surface area contributed by atoms with Crippen LogP contribution in [0, 0.1) is 0 Å². The first-order chi connectivity index (χ1) is 14.1. The number of carbonyl (C=O) groups is 1. The molecule has 3 heterocycles. The van der Waals surface area contributed by atoms with Crippen molar-refractivity contribution < 1.29 is 4.79 Å². The fourth-order valence-corrected chi connectivity index (χ4v) is 4.59. The van der Waals surface area contributed by atoms with Gasteiger partial charge < -0.3 is 15.5 Å². The van der Waals surface area contributed by atoms with E-state index in [4.69, 9.17) is 0 Å². The minimum Gasteiger partial charge on any atom is -0.355 e. The van der Waals surface area contributed by atoms with Gasteiger partial charge in [-0.2, -0.15) is 0 Å². The van der Waals surface area contributed by atoms with Crippen LogP contribution < -0.4 is 10.6 Å². The van der Waals surface area contributed by atoms with Crippen LogP contribution in [0.5, 0.6) is 0 Å². The molecule has 1 amide bonds. The maximum absolute atomic E-state index is 12.1. The van der Waals surface area contributed by atoms with Crippen LogP contribution in [0.2, 0.25) is 0 Å². The number of fused-ring (bicyclic) bond motifs is 4. The fraction of sp³-hybridized carbons (Fsp3) is 0.636. The molecule has 7 nitrogen and oxygen atoms in total. The summed E-state index contributed by atoms with van der Waals surface area (Å²) in [4.78, 5) is 23.4. The molecule has 1 aromatic carbocycles. The second-order valence-electron chi connectivity index (χ2n) is 8.68. The first-order valence-corrected chi connectivity index (χ1v) is 10.9. The number of carbonyl (C=O) groups excluding carboxylic acids is 1. The highest BCUT2D eigenvalue weighted by Gasteiger charge is 2.31. The number of nitrogens with zero attached hydrogens (tertiary/aromatic N) is 4. The summed E-state index contributed by atoms with van der Waals surface area (Å²) < 4.78 is 0. The number of hydrogen-bond acceptors (Lipinski definition) is 4. The molecule has 3 fully saturated rings. The predicted octanol–water partition coefficient (Wildman–Crippen LogP) is 0.167. The third-order valence-electron chi connectivity index (χ3n) is 6.46. The Morgan fingerprint density at radius 2 is 1.93 bits per heavy atom. The summed E-state index contributed by atoms with van der Waals surface area (Å²) in [7, 11) is 3.55. The zero-order valence-corrected chi connectivity index (χ0v) is 17.7. The van der Waals surface area contributed by atoms with E-state index in [1.54, 1.807) is 19.0 Å². The minimum absolute atomic E-state index is 0.0201. The predicted molar refractivity (Wildman–Crippen MR) is 116 cm³/mol. The summed E-state index contributed by atoms with van der Waals surface area (Å²) in [6, 6.07) is 9.56. The molecule has 0 aromatic heterocycles. The molecular weight excluding hydrogens is 364 g/mol. The van der Waals surface area contributed by atoms with Crippen LogP contribution in [-0.2, 0) is 17.6 Å². The topological polar surface area (TPSA) is 63.2 Å². The zero-order chi connectivity index (χ0) is 20.2. The maximum Gasteiger partial charge on any atom is 0.243 e. The summed E-state index contributed by atoms with van der Waals surface area (Å²) >= 11 is 0. The van der Waals surface area contributed by atoms with Crippen LogP contribution in [-0.4, -0.2) is 98.6 Å². The lowest BCUT2D eigenvalue weighted by Gasteiger charge is -2.47. The summed E-state index contributed by atoms with van der Waals surface area (Å²) in [5, 5.41) is 7.15. The molecule has 2 N–H and O–H groups in total. The number of aliphatic imine (C=N–C) groups is 1. The zero-order valence-electron chi connectivity index (χ0n) is 17.7. The molecule has 7 heteroatoms. The first-order valence-electron chi connectivity index (χ1n) is 10.9. The number of likely N-dealkylation sites (N-methyl/N-ethyl adjacent to an activating group) is 1. The Balaban J connectivity index is 1.38. The number of benzene rings is 1. The van der Waals surface area contributed by atoms with Gasteiger partial charge in [0.05, 0.1) is 0 Å². The lowest BCUT2D eigenvalue weighted by atomic mass is 9.88. The molecule has 3 saturated heterocycles. The molecular formula is C22H34N6O. The van der Waals surface area contributed by atoms with E-state index in [-0.39, 0.29) is 12.5 Å². The quantitative estimate of drug-likeness (QED) is 0.547. The van der Waals surface area contributed by atoms with E-state index < -0.39 is 0 Å². The van der Waals surface area contributed by atoms with Gasteiger partial charge in [-0.05, 0) is 30.4 Å². The highest BCUT2D eigenvalue weighted by molar-refractivity contribution is 5.85. The fourth-order valence-electron chi connectivity index (χ4n) is 4.59. The summed E-state index contributed by atoms with van der Waals surface area (Å²) in [6.45, 7) is 6.85. The smallest absolute Gasteiger partial charge is 0.243 e. The molecule has 4 aliphatic rings. The molecule has 158 valence electrons. The van der Waals surface area contributed by atoms with Gasteiger partial charge in [-0.3, -0.25) is 14.6 Å². The van der Waals surface area contributed by atoms with Crippen LogP contribution in [0.25, 0.3) is 0 Å². The standard InChI is InChI=1S/C22H34N6O/c1-26(2)21(29)15-24-22(23-14-20-16-27-9-11-28(20)12-10-27)25-19-8-7-17-5-3-4-6-18(17)13-19/h3-6,19-20H,7-16H2,1-2H3,(H2,23,24,25). The van der Waals surface area contributed by atoms with Crippen LogP contribution >= 0.6 is 0 Å². The van der Waals surface area contributed by atoms with Gasteiger partial charge in [0, 0.05) is 65.4 Å². The molecule has 1 aromatic rings. The van der Waals surface area contributed by atoms with Crippen molar-refractivity contribution in [2.75, 3.05) is 59.9 Å². The molecule has 0 radical (unpaired) electrons. The monoisotopic (exact) mass is 398 g/mol. The number of guanidine groups is 1. The van der Waals surface area contributed by atoms with Gasteiger partial charge in [0.25, 0.3) is 0 Å². The van der Waals surface area contributed by atoms with Crippen molar-refractivity contribution in [2.45, 2.75) is 31.3 Å². The third-order valence-corrected chi connectivity index (χ3v) is 6.46. The van der Waals surface area contributed by atoms with Crippen molar-refractivity contribution in [3.8, 4) is 0 Å². The van der Waals surface area contributed by atoms with E-state index in [0.29, 0.717) is 12.1 Å². The van der Waals surface area contributed by atoms with Gasteiger partial charge in [-0.1, -0.05) is 24.3 Å². The Hall–Kier alpha value is -2.12. The lowest BCUT2D eigenvalue weighted by molar-refractivity contribution is -0.127. The lowest BCUT2D eigenvalue weighted by Crippen LogP contribution is -2.64. The molecule has 5 rings (SSSR count). The van der Waals surface area contributed by atoms with Crippen molar-refractivity contribution in [2.24, 2.45) is 4.99 Å². The molecule has 0 spiro atoms. The SMILES string of the molecule is CN(C)C(=O)CN=C(NCC1CN2CCN1CC2)NC1CCc2ccccc2C1. The first kappa shape index (κ1) is 20.2. The van der Waals surface area contributed by atoms with Crippen molar-refractivity contribution >= 4 is 11.9 Å². The molecule has 3 aliphatic heterocycles. The van der Waals surface area contributed by atoms with E-state index >= 15 is 0 Å². The third kappa shape index (κ3) is 5.08. The van der Waals surface area contributed by atoms with Crippen molar-refractivity contribution in [3.05, 3.63) is 35.4 Å². The molecule has 2 atom stereocenters. The van der Waals surface area contributed by atoms with Gasteiger partial charge in [0.1, 0.15) is 6.54 Å². The Bertz CT molecular complexity index is 741. The Morgan fingerprint density at radius 1 is 1.17 bits per heavy atom. The average Bonchev–Trinajstić information content (AvgIpc) is 2.76. The maximum atomic E-state index is 12.1. The van der Waals surface area contributed by atoms with Gasteiger partial charge in [0.2, 0.25) is 5.91 Å². The number of piperazine rings is 3. The van der Waals surface area contributed by atoms with Crippen LogP contribution in [0.15, 0.2) is 29.3 Å². The molecule has 29 heavy (non-hydrogen) atoms. The Labute approximate surface area is 174 Å².